The summed E-state index contributed by atoms with van der Waals surface area (Å²) in [5.74, 6) is -4.30. The average Bonchev–Trinajstić information content (AvgIpc) is 3.28. The van der Waals surface area contributed by atoms with Gasteiger partial charge in [-0.1, -0.05) is 0 Å². The molecule has 1 aliphatic heterocycles. The number of nitrogens with two attached hydrogens (primary N) is 1. The summed E-state index contributed by atoms with van der Waals surface area (Å²) in [6.45, 7) is 0.0217. The number of carbonyl (C=O) groups excluding carboxylic acids is 1. The number of pyridine rings is 1. The van der Waals surface area contributed by atoms with Gasteiger partial charge in [-0.25, -0.2) is 18.2 Å². The number of anilines is 1. The van der Waals surface area contributed by atoms with E-state index in [1.54, 1.807) is 12.4 Å². The normalized spacial score (nSPS) is 25.6. The molecule has 10 heteroatoms. The second-order valence-electron chi connectivity index (χ2n) is 8.03. The average molecular weight is 406 g/mol. The Morgan fingerprint density at radius 2 is 2.10 bits per heavy atom. The van der Waals surface area contributed by atoms with Crippen LogP contribution in [-0.4, -0.2) is 38.7 Å². The molecule has 2 saturated carbocycles. The number of halogens is 3. The second kappa shape index (κ2) is 6.45. The van der Waals surface area contributed by atoms with Crippen molar-refractivity contribution in [2.45, 2.75) is 62.7 Å². The SMILES string of the molecule is N[C@@H]1C(Nc2nc(-c3cnn(C4CC4)c3)c3c(c2F)CNC3=O)CCCC1(F)F. The molecule has 2 aromatic rings. The lowest BCUT2D eigenvalue weighted by Crippen LogP contribution is -2.55. The maximum atomic E-state index is 15.1. The van der Waals surface area contributed by atoms with Crippen LogP contribution in [0, 0.1) is 5.82 Å². The molecule has 1 unspecified atom stereocenters. The minimum Gasteiger partial charge on any atom is -0.363 e. The molecule has 0 spiro atoms. The van der Waals surface area contributed by atoms with Crippen molar-refractivity contribution in [3.05, 3.63) is 29.3 Å². The molecule has 2 aliphatic carbocycles. The van der Waals surface area contributed by atoms with E-state index in [1.165, 1.54) is 0 Å². The number of fused-ring (bicyclic) bond motifs is 1. The van der Waals surface area contributed by atoms with Crippen LogP contribution in [0.25, 0.3) is 11.3 Å². The van der Waals surface area contributed by atoms with Gasteiger partial charge >= 0.3 is 0 Å². The molecule has 1 amide bonds. The minimum atomic E-state index is -3.02. The van der Waals surface area contributed by atoms with Gasteiger partial charge in [0.05, 0.1) is 29.5 Å². The molecule has 3 aliphatic rings. The largest absolute Gasteiger partial charge is 0.363 e. The van der Waals surface area contributed by atoms with E-state index < -0.39 is 29.7 Å². The lowest BCUT2D eigenvalue weighted by Gasteiger charge is -2.36. The van der Waals surface area contributed by atoms with Crippen molar-refractivity contribution in [3.63, 3.8) is 0 Å². The van der Waals surface area contributed by atoms with E-state index in [0.717, 1.165) is 12.8 Å². The number of carbonyl (C=O) groups is 1. The Morgan fingerprint density at radius 1 is 1.31 bits per heavy atom. The topological polar surface area (TPSA) is 97.9 Å². The highest BCUT2D eigenvalue weighted by molar-refractivity contribution is 6.04. The molecule has 2 atom stereocenters. The molecular weight excluding hydrogens is 385 g/mol. The highest BCUT2D eigenvalue weighted by atomic mass is 19.3. The molecule has 2 aromatic heterocycles. The van der Waals surface area contributed by atoms with Gasteiger partial charge in [0.2, 0.25) is 0 Å². The van der Waals surface area contributed by atoms with Crippen molar-refractivity contribution in [2.24, 2.45) is 5.73 Å². The molecule has 0 radical (unpaired) electrons. The minimum absolute atomic E-state index is 0.0217. The van der Waals surface area contributed by atoms with Gasteiger partial charge in [-0.3, -0.25) is 9.48 Å². The molecule has 5 rings (SSSR count). The van der Waals surface area contributed by atoms with Gasteiger partial charge < -0.3 is 16.4 Å². The highest BCUT2D eigenvalue weighted by Gasteiger charge is 2.45. The number of hydrogen-bond donors (Lipinski definition) is 3. The molecule has 2 fully saturated rings. The molecule has 0 saturated heterocycles. The van der Waals surface area contributed by atoms with Crippen LogP contribution in [0.5, 0.6) is 0 Å². The van der Waals surface area contributed by atoms with Crippen molar-refractivity contribution in [1.29, 1.82) is 0 Å². The Bertz CT molecular complexity index is 987. The monoisotopic (exact) mass is 406 g/mol. The summed E-state index contributed by atoms with van der Waals surface area (Å²) in [5.41, 5.74) is 6.97. The first-order valence-corrected chi connectivity index (χ1v) is 9.80. The smallest absolute Gasteiger partial charge is 0.264 e. The number of rotatable bonds is 4. The van der Waals surface area contributed by atoms with Crippen molar-refractivity contribution in [1.82, 2.24) is 20.1 Å². The molecule has 154 valence electrons. The van der Waals surface area contributed by atoms with E-state index in [4.69, 9.17) is 5.73 Å². The molecule has 3 heterocycles. The molecule has 7 nitrogen and oxygen atoms in total. The molecule has 29 heavy (non-hydrogen) atoms. The first-order valence-electron chi connectivity index (χ1n) is 9.80. The Kier molecular flexibility index (Phi) is 4.09. The van der Waals surface area contributed by atoms with Crippen molar-refractivity contribution < 1.29 is 18.0 Å². The van der Waals surface area contributed by atoms with Crippen LogP contribution in [0.2, 0.25) is 0 Å². The number of alkyl halides is 2. The van der Waals surface area contributed by atoms with Crippen LogP contribution < -0.4 is 16.4 Å². The maximum Gasteiger partial charge on any atom is 0.264 e. The second-order valence-corrected chi connectivity index (χ2v) is 8.03. The standard InChI is InChI=1S/C19H21F3N6O/c20-14-11-7-24-18(29)13(11)15(9-6-25-28(8-9)10-3-4-10)27-17(14)26-12-2-1-5-19(21,22)16(12)23/h6,8,10,12,16H,1-5,7,23H2,(H,24,29)(H,26,27)/t12?,16-/m1/s1. The van der Waals surface area contributed by atoms with Gasteiger partial charge in [0.1, 0.15) is 0 Å². The van der Waals surface area contributed by atoms with Crippen LogP contribution in [0.1, 0.15) is 54.1 Å². The fraction of sp³-hybridized carbons (Fsp3) is 0.526. The first-order chi connectivity index (χ1) is 13.8. The van der Waals surface area contributed by atoms with E-state index in [1.807, 2.05) is 4.68 Å². The van der Waals surface area contributed by atoms with Crippen LogP contribution in [-0.2, 0) is 6.54 Å². The van der Waals surface area contributed by atoms with E-state index in [9.17, 15) is 13.6 Å². The lowest BCUT2D eigenvalue weighted by molar-refractivity contribution is -0.0555. The third kappa shape index (κ3) is 3.06. The third-order valence-corrected chi connectivity index (χ3v) is 5.95. The van der Waals surface area contributed by atoms with Crippen molar-refractivity contribution >= 4 is 11.7 Å². The van der Waals surface area contributed by atoms with Crippen molar-refractivity contribution in [3.8, 4) is 11.3 Å². The number of amides is 1. The predicted octanol–water partition coefficient (Wildman–Crippen LogP) is 2.59. The van der Waals surface area contributed by atoms with E-state index in [2.05, 4.69) is 20.7 Å². The van der Waals surface area contributed by atoms with Gasteiger partial charge in [-0.15, -0.1) is 0 Å². The highest BCUT2D eigenvalue weighted by Crippen LogP contribution is 2.38. The zero-order chi connectivity index (χ0) is 20.3. The zero-order valence-corrected chi connectivity index (χ0v) is 15.6. The van der Waals surface area contributed by atoms with Gasteiger partial charge in [0, 0.05) is 36.3 Å². The number of aromatic nitrogens is 3. The Hall–Kier alpha value is -2.62. The van der Waals surface area contributed by atoms with Gasteiger partial charge in [0.15, 0.2) is 11.6 Å². The Balaban J connectivity index is 1.55. The summed E-state index contributed by atoms with van der Waals surface area (Å²) in [5, 5.41) is 9.72. The molecule has 0 aromatic carbocycles. The van der Waals surface area contributed by atoms with Crippen molar-refractivity contribution in [2.75, 3.05) is 5.32 Å². The van der Waals surface area contributed by atoms with Gasteiger partial charge in [-0.2, -0.15) is 5.10 Å². The Morgan fingerprint density at radius 3 is 2.86 bits per heavy atom. The predicted molar refractivity (Wildman–Crippen MR) is 99.0 cm³/mol. The quantitative estimate of drug-likeness (QED) is 0.725. The van der Waals surface area contributed by atoms with E-state index in [0.29, 0.717) is 23.7 Å². The summed E-state index contributed by atoms with van der Waals surface area (Å²) in [6, 6.07) is -1.91. The fourth-order valence-corrected chi connectivity index (χ4v) is 4.12. The summed E-state index contributed by atoms with van der Waals surface area (Å²) in [7, 11) is 0. The number of hydrogen-bond acceptors (Lipinski definition) is 5. The van der Waals surface area contributed by atoms with Crippen LogP contribution in [0.4, 0.5) is 19.0 Å². The Labute approximate surface area is 164 Å². The van der Waals surface area contributed by atoms with Gasteiger partial charge in [0.25, 0.3) is 11.8 Å². The van der Waals surface area contributed by atoms with E-state index in [-0.39, 0.29) is 36.3 Å². The first kappa shape index (κ1) is 18.4. The molecular formula is C19H21F3N6O. The zero-order valence-electron chi connectivity index (χ0n) is 15.6. The van der Waals surface area contributed by atoms with Crippen LogP contribution in [0.3, 0.4) is 0 Å². The molecule has 0 bridgehead atoms. The van der Waals surface area contributed by atoms with E-state index >= 15 is 4.39 Å². The van der Waals surface area contributed by atoms with Gasteiger partial charge in [-0.05, 0) is 25.7 Å². The van der Waals surface area contributed by atoms with Crippen LogP contribution in [0.15, 0.2) is 12.4 Å². The summed E-state index contributed by atoms with van der Waals surface area (Å²) >= 11 is 0. The van der Waals surface area contributed by atoms with Crippen LogP contribution >= 0.6 is 0 Å². The maximum absolute atomic E-state index is 15.1. The fourth-order valence-electron chi connectivity index (χ4n) is 4.12. The third-order valence-electron chi connectivity index (χ3n) is 5.95. The number of nitrogens with one attached hydrogen (secondary N) is 2. The summed E-state index contributed by atoms with van der Waals surface area (Å²) < 4.78 is 44.9. The number of nitrogens with zero attached hydrogens (tertiary/aromatic N) is 3. The summed E-state index contributed by atoms with van der Waals surface area (Å²) in [4.78, 5) is 16.7. The summed E-state index contributed by atoms with van der Waals surface area (Å²) in [6.07, 6.45) is 5.85. The lowest BCUT2D eigenvalue weighted by atomic mass is 9.87. The molecule has 4 N–H and O–H groups in total.